The van der Waals surface area contributed by atoms with Gasteiger partial charge in [-0.25, -0.2) is 8.42 Å². The van der Waals surface area contributed by atoms with Crippen molar-refractivity contribution < 1.29 is 17.9 Å². The normalized spacial score (nSPS) is 11.3. The first-order valence-electron chi connectivity index (χ1n) is 9.17. The smallest absolute Gasteiger partial charge is 0.262 e. The van der Waals surface area contributed by atoms with Crippen molar-refractivity contribution in [1.29, 1.82) is 0 Å². The van der Waals surface area contributed by atoms with E-state index < -0.39 is 10.0 Å². The number of nitrogens with one attached hydrogen (secondary N) is 2. The van der Waals surface area contributed by atoms with Crippen LogP contribution in [0.1, 0.15) is 24.2 Å². The van der Waals surface area contributed by atoms with Crippen molar-refractivity contribution in [2.45, 2.75) is 18.7 Å². The third-order valence-corrected chi connectivity index (χ3v) is 5.74. The van der Waals surface area contributed by atoms with Gasteiger partial charge in [-0.3, -0.25) is 9.52 Å². The van der Waals surface area contributed by atoms with E-state index in [9.17, 15) is 13.2 Å². The van der Waals surface area contributed by atoms with Crippen molar-refractivity contribution in [2.24, 2.45) is 0 Å². The minimum absolute atomic E-state index is 0.0212. The molecule has 2 N–H and O–H groups in total. The van der Waals surface area contributed by atoms with Gasteiger partial charge in [0.15, 0.2) is 0 Å². The summed E-state index contributed by atoms with van der Waals surface area (Å²) in [5.74, 6) is -0.0970. The topological polar surface area (TPSA) is 87.7 Å². The monoisotopic (exact) mass is 405 g/mol. The average Bonchev–Trinajstić information content (AvgIpc) is 2.71. The molecule has 2 aromatic carbocycles. The van der Waals surface area contributed by atoms with Crippen LogP contribution in [0.5, 0.6) is 5.75 Å². The van der Waals surface area contributed by atoms with E-state index in [1.807, 2.05) is 0 Å². The number of anilines is 1. The van der Waals surface area contributed by atoms with Crippen molar-refractivity contribution in [2.75, 3.05) is 38.0 Å². The molecule has 0 saturated heterocycles. The minimum Gasteiger partial charge on any atom is -0.496 e. The largest absolute Gasteiger partial charge is 0.496 e. The number of ether oxygens (including phenoxy) is 1. The first-order chi connectivity index (χ1) is 13.4. The van der Waals surface area contributed by atoms with Crippen molar-refractivity contribution >= 4 is 21.6 Å². The molecule has 0 fully saturated rings. The SMILES string of the molecule is CCN(CC)CCNC(=O)c1ccc(S(=O)(=O)Nc2ccccc2)cc1OC. The van der Waals surface area contributed by atoms with Gasteiger partial charge in [0, 0.05) is 24.8 Å². The molecule has 1 amide bonds. The Hall–Kier alpha value is -2.58. The summed E-state index contributed by atoms with van der Waals surface area (Å²) in [6, 6.07) is 12.8. The fourth-order valence-electron chi connectivity index (χ4n) is 2.71. The third kappa shape index (κ3) is 5.71. The quantitative estimate of drug-likeness (QED) is 0.634. The number of rotatable bonds is 10. The summed E-state index contributed by atoms with van der Waals surface area (Å²) >= 11 is 0. The van der Waals surface area contributed by atoms with Crippen LogP contribution >= 0.6 is 0 Å². The first kappa shape index (κ1) is 21.7. The van der Waals surface area contributed by atoms with Gasteiger partial charge in [-0.2, -0.15) is 0 Å². The maximum absolute atomic E-state index is 12.6. The molecule has 0 aliphatic rings. The summed E-state index contributed by atoms with van der Waals surface area (Å²) in [6.45, 7) is 7.20. The maximum Gasteiger partial charge on any atom is 0.262 e. The van der Waals surface area contributed by atoms with E-state index in [0.29, 0.717) is 17.8 Å². The predicted molar refractivity (Wildman–Crippen MR) is 110 cm³/mol. The molecular formula is C20H27N3O4S. The fourth-order valence-corrected chi connectivity index (χ4v) is 3.78. The Morgan fingerprint density at radius 1 is 1.07 bits per heavy atom. The van der Waals surface area contributed by atoms with Crippen LogP contribution in [0, 0.1) is 0 Å². The fraction of sp³-hybridized carbons (Fsp3) is 0.350. The number of methoxy groups -OCH3 is 1. The molecule has 8 heteroatoms. The van der Waals surface area contributed by atoms with Crippen LogP contribution in [0.25, 0.3) is 0 Å². The van der Waals surface area contributed by atoms with Crippen LogP contribution in [-0.2, 0) is 10.0 Å². The highest BCUT2D eigenvalue weighted by Crippen LogP contribution is 2.24. The minimum atomic E-state index is -3.79. The van der Waals surface area contributed by atoms with Gasteiger partial charge in [0.1, 0.15) is 5.75 Å². The van der Waals surface area contributed by atoms with Gasteiger partial charge in [0.2, 0.25) is 0 Å². The first-order valence-corrected chi connectivity index (χ1v) is 10.7. The van der Waals surface area contributed by atoms with Crippen molar-refractivity contribution in [1.82, 2.24) is 10.2 Å². The Morgan fingerprint density at radius 2 is 1.75 bits per heavy atom. The molecule has 7 nitrogen and oxygen atoms in total. The number of sulfonamides is 1. The van der Waals surface area contributed by atoms with Crippen molar-refractivity contribution in [3.8, 4) is 5.75 Å². The summed E-state index contributed by atoms with van der Waals surface area (Å²) in [4.78, 5) is 14.7. The molecule has 0 saturated carbocycles. The standard InChI is InChI=1S/C20H27N3O4S/c1-4-23(5-2)14-13-21-20(24)18-12-11-17(15-19(18)27-3)28(25,26)22-16-9-7-6-8-10-16/h6-12,15,22H,4-5,13-14H2,1-3H3,(H,21,24). The number of carbonyl (C=O) groups is 1. The lowest BCUT2D eigenvalue weighted by molar-refractivity contribution is 0.0945. The molecule has 0 radical (unpaired) electrons. The lowest BCUT2D eigenvalue weighted by Crippen LogP contribution is -2.34. The summed E-state index contributed by atoms with van der Waals surface area (Å²) in [6.07, 6.45) is 0. The number of carbonyl (C=O) groups excluding carboxylic acids is 1. The number of likely N-dealkylation sites (N-methyl/N-ethyl adjacent to an activating group) is 1. The van der Waals surface area contributed by atoms with Crippen LogP contribution in [-0.4, -0.2) is 52.5 Å². The second kappa shape index (κ2) is 10.1. The van der Waals surface area contributed by atoms with Crippen molar-refractivity contribution in [3.05, 3.63) is 54.1 Å². The number of nitrogens with zero attached hydrogens (tertiary/aromatic N) is 1. The highest BCUT2D eigenvalue weighted by atomic mass is 32.2. The highest BCUT2D eigenvalue weighted by molar-refractivity contribution is 7.92. The zero-order valence-electron chi connectivity index (χ0n) is 16.4. The second-order valence-corrected chi connectivity index (χ2v) is 7.80. The third-order valence-electron chi connectivity index (χ3n) is 4.36. The molecule has 28 heavy (non-hydrogen) atoms. The van der Waals surface area contributed by atoms with Gasteiger partial charge < -0.3 is 15.0 Å². The molecule has 0 unspecified atom stereocenters. The lowest BCUT2D eigenvalue weighted by atomic mass is 10.2. The number of hydrogen-bond donors (Lipinski definition) is 2. The van der Waals surface area contributed by atoms with Gasteiger partial charge in [0.05, 0.1) is 17.6 Å². The Kier molecular flexibility index (Phi) is 7.83. The summed E-state index contributed by atoms with van der Waals surface area (Å²) in [7, 11) is -2.39. The average molecular weight is 406 g/mol. The van der Waals surface area contributed by atoms with E-state index in [0.717, 1.165) is 19.6 Å². The van der Waals surface area contributed by atoms with Crippen LogP contribution in [0.4, 0.5) is 5.69 Å². The summed E-state index contributed by atoms with van der Waals surface area (Å²) < 4.78 is 32.9. The maximum atomic E-state index is 12.6. The van der Waals surface area contributed by atoms with Crippen LogP contribution in [0.15, 0.2) is 53.4 Å². The Bertz CT molecular complexity index is 882. The Morgan fingerprint density at radius 3 is 2.36 bits per heavy atom. The number of hydrogen-bond acceptors (Lipinski definition) is 5. The molecule has 0 aromatic heterocycles. The molecule has 0 aliphatic carbocycles. The van der Waals surface area contributed by atoms with Crippen molar-refractivity contribution in [3.63, 3.8) is 0 Å². The van der Waals surface area contributed by atoms with Crippen LogP contribution in [0.2, 0.25) is 0 Å². The van der Waals surface area contributed by atoms with Crippen LogP contribution < -0.4 is 14.8 Å². The predicted octanol–water partition coefficient (Wildman–Crippen LogP) is 2.57. The van der Waals surface area contributed by atoms with E-state index in [2.05, 4.69) is 28.8 Å². The number of benzene rings is 2. The number of para-hydroxylation sites is 1. The zero-order valence-corrected chi connectivity index (χ0v) is 17.3. The van der Waals surface area contributed by atoms with Gasteiger partial charge in [-0.15, -0.1) is 0 Å². The van der Waals surface area contributed by atoms with E-state index >= 15 is 0 Å². The van der Waals surface area contributed by atoms with E-state index in [1.54, 1.807) is 30.3 Å². The van der Waals surface area contributed by atoms with Gasteiger partial charge in [-0.1, -0.05) is 32.0 Å². The van der Waals surface area contributed by atoms with Gasteiger partial charge in [0.25, 0.3) is 15.9 Å². The summed E-state index contributed by atoms with van der Waals surface area (Å²) in [5.41, 5.74) is 0.750. The summed E-state index contributed by atoms with van der Waals surface area (Å²) in [5, 5.41) is 2.85. The molecule has 152 valence electrons. The molecular weight excluding hydrogens is 378 g/mol. The zero-order chi connectivity index (χ0) is 20.6. The highest BCUT2D eigenvalue weighted by Gasteiger charge is 2.19. The van der Waals surface area contributed by atoms with E-state index in [1.165, 1.54) is 25.3 Å². The molecule has 0 heterocycles. The molecule has 0 spiro atoms. The number of amides is 1. The molecule has 0 atom stereocenters. The molecule has 0 bridgehead atoms. The van der Waals surface area contributed by atoms with Gasteiger partial charge in [-0.05, 0) is 37.4 Å². The second-order valence-electron chi connectivity index (χ2n) is 6.12. The molecule has 2 rings (SSSR count). The van der Waals surface area contributed by atoms with Gasteiger partial charge >= 0.3 is 0 Å². The van der Waals surface area contributed by atoms with E-state index in [4.69, 9.17) is 4.74 Å². The Labute approximate surface area is 166 Å². The lowest BCUT2D eigenvalue weighted by Gasteiger charge is -2.18. The molecule has 0 aliphatic heterocycles. The van der Waals surface area contributed by atoms with E-state index in [-0.39, 0.29) is 16.6 Å². The Balaban J connectivity index is 2.13. The van der Waals surface area contributed by atoms with Crippen LogP contribution in [0.3, 0.4) is 0 Å². The molecule has 2 aromatic rings.